The number of aromatic nitrogens is 2. The molecule has 0 spiro atoms. The predicted molar refractivity (Wildman–Crippen MR) is 93.6 cm³/mol. The van der Waals surface area contributed by atoms with Crippen molar-refractivity contribution in [3.8, 4) is 0 Å². The van der Waals surface area contributed by atoms with Crippen LogP contribution in [0, 0.1) is 0 Å². The molecule has 1 amide bonds. The van der Waals surface area contributed by atoms with Crippen molar-refractivity contribution in [1.82, 2.24) is 14.9 Å². The summed E-state index contributed by atoms with van der Waals surface area (Å²) in [7, 11) is 0. The standard InChI is InChI=1S/C18H23N3OS/c1-13(2)21-11-10-19-18(21)23-12-17(22)20-16-9-5-7-14-6-3-4-8-15(14)16/h3-4,6,8,10-11,13,16H,5,7,9,12H2,1-2H3,(H,20,22). The van der Waals surface area contributed by atoms with Gasteiger partial charge >= 0.3 is 0 Å². The molecular formula is C18H23N3OS. The molecule has 1 heterocycles. The first-order chi connectivity index (χ1) is 11.1. The van der Waals surface area contributed by atoms with E-state index in [1.807, 2.05) is 6.20 Å². The van der Waals surface area contributed by atoms with E-state index in [2.05, 4.69) is 53.0 Å². The van der Waals surface area contributed by atoms with Crippen LogP contribution in [0.3, 0.4) is 0 Å². The molecule has 0 radical (unpaired) electrons. The first kappa shape index (κ1) is 16.1. The Balaban J connectivity index is 1.59. The van der Waals surface area contributed by atoms with E-state index in [0.29, 0.717) is 11.8 Å². The molecule has 1 aromatic heterocycles. The molecule has 2 aromatic rings. The number of benzene rings is 1. The van der Waals surface area contributed by atoms with E-state index in [-0.39, 0.29) is 11.9 Å². The van der Waals surface area contributed by atoms with E-state index in [1.165, 1.54) is 22.9 Å². The Morgan fingerprint density at radius 3 is 3.09 bits per heavy atom. The topological polar surface area (TPSA) is 46.9 Å². The van der Waals surface area contributed by atoms with Crippen LogP contribution in [0.4, 0.5) is 0 Å². The van der Waals surface area contributed by atoms with E-state index in [1.54, 1.807) is 6.20 Å². The Kier molecular flexibility index (Phi) is 5.06. The summed E-state index contributed by atoms with van der Waals surface area (Å²) in [5.41, 5.74) is 2.65. The van der Waals surface area contributed by atoms with E-state index < -0.39 is 0 Å². The van der Waals surface area contributed by atoms with Crippen LogP contribution >= 0.6 is 11.8 Å². The molecule has 1 unspecified atom stereocenters. The molecule has 5 heteroatoms. The quantitative estimate of drug-likeness (QED) is 0.850. The number of aryl methyl sites for hydroxylation is 1. The van der Waals surface area contributed by atoms with Crippen molar-refractivity contribution in [1.29, 1.82) is 0 Å². The van der Waals surface area contributed by atoms with Crippen molar-refractivity contribution in [3.05, 3.63) is 47.8 Å². The lowest BCUT2D eigenvalue weighted by Crippen LogP contribution is -2.32. The van der Waals surface area contributed by atoms with Gasteiger partial charge in [-0.1, -0.05) is 36.0 Å². The van der Waals surface area contributed by atoms with Gasteiger partial charge in [0, 0.05) is 18.4 Å². The molecule has 1 aliphatic carbocycles. The molecule has 122 valence electrons. The van der Waals surface area contributed by atoms with Crippen molar-refractivity contribution >= 4 is 17.7 Å². The van der Waals surface area contributed by atoms with Gasteiger partial charge < -0.3 is 9.88 Å². The maximum absolute atomic E-state index is 12.3. The Morgan fingerprint density at radius 2 is 2.26 bits per heavy atom. The van der Waals surface area contributed by atoms with Crippen LogP contribution in [-0.2, 0) is 11.2 Å². The number of thioether (sulfide) groups is 1. The summed E-state index contributed by atoms with van der Waals surface area (Å²) < 4.78 is 2.09. The first-order valence-corrected chi connectivity index (χ1v) is 9.16. The number of carbonyl (C=O) groups excluding carboxylic acids is 1. The molecule has 4 nitrogen and oxygen atoms in total. The van der Waals surface area contributed by atoms with Crippen LogP contribution in [0.5, 0.6) is 0 Å². The molecule has 0 fully saturated rings. The van der Waals surface area contributed by atoms with Crippen LogP contribution in [0.1, 0.15) is 49.9 Å². The molecule has 0 bridgehead atoms. The zero-order valence-corrected chi connectivity index (χ0v) is 14.5. The number of amides is 1. The van der Waals surface area contributed by atoms with Gasteiger partial charge in [-0.05, 0) is 44.2 Å². The summed E-state index contributed by atoms with van der Waals surface area (Å²) in [4.78, 5) is 16.7. The molecule has 0 saturated heterocycles. The molecular weight excluding hydrogens is 306 g/mol. The maximum Gasteiger partial charge on any atom is 0.230 e. The minimum atomic E-state index is 0.0787. The number of rotatable bonds is 5. The number of hydrogen-bond donors (Lipinski definition) is 1. The van der Waals surface area contributed by atoms with Crippen molar-refractivity contribution in [3.63, 3.8) is 0 Å². The Morgan fingerprint density at radius 1 is 1.43 bits per heavy atom. The van der Waals surface area contributed by atoms with Crippen molar-refractivity contribution in [2.24, 2.45) is 0 Å². The predicted octanol–water partition coefficient (Wildman–Crippen LogP) is 3.75. The lowest BCUT2D eigenvalue weighted by molar-refractivity contribution is -0.119. The highest BCUT2D eigenvalue weighted by Crippen LogP contribution is 2.29. The van der Waals surface area contributed by atoms with Gasteiger partial charge in [-0.2, -0.15) is 0 Å². The maximum atomic E-state index is 12.3. The highest BCUT2D eigenvalue weighted by Gasteiger charge is 2.21. The largest absolute Gasteiger partial charge is 0.349 e. The first-order valence-electron chi connectivity index (χ1n) is 8.18. The lowest BCUT2D eigenvalue weighted by Gasteiger charge is -2.26. The monoisotopic (exact) mass is 329 g/mol. The molecule has 0 saturated carbocycles. The average Bonchev–Trinajstić information content (AvgIpc) is 3.02. The number of nitrogens with zero attached hydrogens (tertiary/aromatic N) is 2. The van der Waals surface area contributed by atoms with Gasteiger partial charge in [0.15, 0.2) is 5.16 Å². The summed E-state index contributed by atoms with van der Waals surface area (Å²) in [5, 5.41) is 4.09. The fourth-order valence-corrected chi connectivity index (χ4v) is 3.97. The third-order valence-corrected chi connectivity index (χ3v) is 5.21. The van der Waals surface area contributed by atoms with Crippen LogP contribution in [0.15, 0.2) is 41.8 Å². The molecule has 1 atom stereocenters. The number of imidazole rings is 1. The Bertz CT molecular complexity index is 680. The fraction of sp³-hybridized carbons (Fsp3) is 0.444. The van der Waals surface area contributed by atoms with Gasteiger partial charge in [0.1, 0.15) is 0 Å². The van der Waals surface area contributed by atoms with Crippen LogP contribution < -0.4 is 5.32 Å². The molecule has 1 aromatic carbocycles. The van der Waals surface area contributed by atoms with Crippen LogP contribution in [-0.4, -0.2) is 21.2 Å². The third kappa shape index (κ3) is 3.78. The normalized spacial score (nSPS) is 17.1. The molecule has 1 aliphatic rings. The number of carbonyl (C=O) groups is 1. The highest BCUT2D eigenvalue weighted by molar-refractivity contribution is 7.99. The Labute approximate surface area is 141 Å². The summed E-state index contributed by atoms with van der Waals surface area (Å²) in [6.45, 7) is 4.23. The van der Waals surface area contributed by atoms with E-state index >= 15 is 0 Å². The van der Waals surface area contributed by atoms with Gasteiger partial charge in [-0.25, -0.2) is 4.98 Å². The zero-order valence-electron chi connectivity index (χ0n) is 13.7. The summed E-state index contributed by atoms with van der Waals surface area (Å²) in [6.07, 6.45) is 7.02. The Hall–Kier alpha value is -1.75. The molecule has 0 aliphatic heterocycles. The second-order valence-corrected chi connectivity index (χ2v) is 7.15. The number of fused-ring (bicyclic) bond motifs is 1. The number of hydrogen-bond acceptors (Lipinski definition) is 3. The minimum absolute atomic E-state index is 0.0787. The minimum Gasteiger partial charge on any atom is -0.349 e. The molecule has 1 N–H and O–H groups in total. The third-order valence-electron chi connectivity index (χ3n) is 4.23. The summed E-state index contributed by atoms with van der Waals surface area (Å²) >= 11 is 1.50. The molecule has 3 rings (SSSR count). The van der Waals surface area contributed by atoms with E-state index in [4.69, 9.17) is 0 Å². The zero-order chi connectivity index (χ0) is 16.2. The van der Waals surface area contributed by atoms with Crippen molar-refractivity contribution in [2.75, 3.05) is 5.75 Å². The van der Waals surface area contributed by atoms with E-state index in [0.717, 1.165) is 24.4 Å². The summed E-state index contributed by atoms with van der Waals surface area (Å²) in [5.74, 6) is 0.484. The average molecular weight is 329 g/mol. The van der Waals surface area contributed by atoms with Crippen LogP contribution in [0.2, 0.25) is 0 Å². The second kappa shape index (κ2) is 7.21. The SMILES string of the molecule is CC(C)n1ccnc1SCC(=O)NC1CCCc2ccccc21. The van der Waals surface area contributed by atoms with E-state index in [9.17, 15) is 4.79 Å². The smallest absolute Gasteiger partial charge is 0.230 e. The van der Waals surface area contributed by atoms with Gasteiger partial charge in [-0.3, -0.25) is 4.79 Å². The fourth-order valence-electron chi connectivity index (χ4n) is 3.07. The van der Waals surface area contributed by atoms with Gasteiger partial charge in [0.25, 0.3) is 0 Å². The second-order valence-electron chi connectivity index (χ2n) is 6.21. The van der Waals surface area contributed by atoms with Crippen LogP contribution in [0.25, 0.3) is 0 Å². The number of nitrogens with one attached hydrogen (secondary N) is 1. The molecule has 23 heavy (non-hydrogen) atoms. The van der Waals surface area contributed by atoms with Gasteiger partial charge in [0.2, 0.25) is 5.91 Å². The highest BCUT2D eigenvalue weighted by atomic mass is 32.2. The lowest BCUT2D eigenvalue weighted by atomic mass is 9.88. The van der Waals surface area contributed by atoms with Crippen molar-refractivity contribution < 1.29 is 4.79 Å². The van der Waals surface area contributed by atoms with Gasteiger partial charge in [0.05, 0.1) is 11.8 Å². The summed E-state index contributed by atoms with van der Waals surface area (Å²) in [6, 6.07) is 8.94. The van der Waals surface area contributed by atoms with Gasteiger partial charge in [-0.15, -0.1) is 0 Å². The van der Waals surface area contributed by atoms with Crippen molar-refractivity contribution in [2.45, 2.75) is 50.4 Å².